The average molecular weight is 482 g/mol. The minimum absolute atomic E-state index is 0.216. The standard InChI is InChI=1S/C25H24FN3O4S/c1-4-10-29-13-19(17-14-34-23-16(17)6-5-7-18(23)26)28-24(29)20(30)12-27-25(31)15-8-9-21(32-2)22(11-15)33-3/h5-9,11,13-14H,4,10,12H2,1-3H3,(H,27,31). The Bertz CT molecular complexity index is 1360. The van der Waals surface area contributed by atoms with Gasteiger partial charge in [-0.25, -0.2) is 9.37 Å². The number of benzene rings is 2. The molecule has 0 aliphatic heterocycles. The van der Waals surface area contributed by atoms with Crippen LogP contribution in [0.4, 0.5) is 4.39 Å². The second-order valence-electron chi connectivity index (χ2n) is 7.58. The lowest BCUT2D eigenvalue weighted by molar-refractivity contribution is 0.0898. The maximum atomic E-state index is 14.1. The first-order valence-electron chi connectivity index (χ1n) is 10.7. The third kappa shape index (κ3) is 4.51. The van der Waals surface area contributed by atoms with Crippen molar-refractivity contribution in [1.82, 2.24) is 14.9 Å². The van der Waals surface area contributed by atoms with E-state index in [0.717, 1.165) is 17.4 Å². The van der Waals surface area contributed by atoms with Gasteiger partial charge in [-0.1, -0.05) is 19.1 Å². The van der Waals surface area contributed by atoms with Crippen LogP contribution in [0.1, 0.15) is 34.3 Å². The molecule has 2 heterocycles. The molecule has 2 aromatic heterocycles. The van der Waals surface area contributed by atoms with E-state index in [1.54, 1.807) is 35.0 Å². The summed E-state index contributed by atoms with van der Waals surface area (Å²) >= 11 is 1.30. The van der Waals surface area contributed by atoms with E-state index < -0.39 is 5.91 Å². The molecule has 0 bridgehead atoms. The Morgan fingerprint density at radius 3 is 2.68 bits per heavy atom. The summed E-state index contributed by atoms with van der Waals surface area (Å²) in [5.41, 5.74) is 1.72. The van der Waals surface area contributed by atoms with Crippen LogP contribution in [0, 0.1) is 5.82 Å². The quantitative estimate of drug-likeness (QED) is 0.342. The number of carbonyl (C=O) groups is 2. The highest BCUT2D eigenvalue weighted by Crippen LogP contribution is 2.35. The number of amides is 1. The number of ether oxygens (including phenoxy) is 2. The normalized spacial score (nSPS) is 10.9. The summed E-state index contributed by atoms with van der Waals surface area (Å²) < 4.78 is 26.9. The van der Waals surface area contributed by atoms with Crippen molar-refractivity contribution in [1.29, 1.82) is 0 Å². The molecular formula is C25H24FN3O4S. The Labute approximate surface area is 200 Å². The van der Waals surface area contributed by atoms with Gasteiger partial charge in [0.15, 0.2) is 17.3 Å². The fourth-order valence-electron chi connectivity index (χ4n) is 3.72. The largest absolute Gasteiger partial charge is 0.493 e. The molecule has 0 saturated carbocycles. The molecule has 4 aromatic rings. The molecule has 34 heavy (non-hydrogen) atoms. The second kappa shape index (κ2) is 10.0. The van der Waals surface area contributed by atoms with Crippen LogP contribution in [0.5, 0.6) is 11.5 Å². The molecule has 0 aliphatic carbocycles. The molecule has 0 spiro atoms. The number of Topliss-reactive ketones (excluding diaryl/α,β-unsaturated/α-hetero) is 1. The molecule has 9 heteroatoms. The van der Waals surface area contributed by atoms with Crippen LogP contribution < -0.4 is 14.8 Å². The fourth-order valence-corrected chi connectivity index (χ4v) is 4.69. The Morgan fingerprint density at radius 1 is 1.15 bits per heavy atom. The van der Waals surface area contributed by atoms with Gasteiger partial charge < -0.3 is 19.4 Å². The van der Waals surface area contributed by atoms with Gasteiger partial charge in [-0.15, -0.1) is 11.3 Å². The predicted octanol–water partition coefficient (Wildman–Crippen LogP) is 4.94. The number of ketones is 1. The van der Waals surface area contributed by atoms with Crippen molar-refractivity contribution in [3.05, 3.63) is 65.2 Å². The van der Waals surface area contributed by atoms with Crippen LogP contribution in [0.25, 0.3) is 21.3 Å². The predicted molar refractivity (Wildman–Crippen MR) is 130 cm³/mol. The van der Waals surface area contributed by atoms with Gasteiger partial charge in [0.05, 0.1) is 31.2 Å². The van der Waals surface area contributed by atoms with Crippen LogP contribution in [0.15, 0.2) is 48.0 Å². The zero-order chi connectivity index (χ0) is 24.2. The van der Waals surface area contributed by atoms with Crippen molar-refractivity contribution in [3.8, 4) is 22.8 Å². The number of nitrogens with one attached hydrogen (secondary N) is 1. The molecule has 0 aliphatic rings. The van der Waals surface area contributed by atoms with Crippen LogP contribution in [-0.4, -0.2) is 42.0 Å². The van der Waals surface area contributed by atoms with Crippen molar-refractivity contribution < 1.29 is 23.5 Å². The van der Waals surface area contributed by atoms with Crippen LogP contribution in [0.2, 0.25) is 0 Å². The number of carbonyl (C=O) groups excluding carboxylic acids is 2. The maximum Gasteiger partial charge on any atom is 0.251 e. The summed E-state index contributed by atoms with van der Waals surface area (Å²) in [6.45, 7) is 2.38. The molecule has 7 nitrogen and oxygen atoms in total. The highest BCUT2D eigenvalue weighted by molar-refractivity contribution is 7.17. The number of hydrogen-bond acceptors (Lipinski definition) is 6. The summed E-state index contributed by atoms with van der Waals surface area (Å²) in [6.07, 6.45) is 2.60. The monoisotopic (exact) mass is 481 g/mol. The molecule has 4 rings (SSSR count). The number of hydrogen-bond donors (Lipinski definition) is 1. The molecule has 0 unspecified atom stereocenters. The van der Waals surface area contributed by atoms with Gasteiger partial charge in [-0.3, -0.25) is 9.59 Å². The van der Waals surface area contributed by atoms with E-state index in [4.69, 9.17) is 9.47 Å². The van der Waals surface area contributed by atoms with Crippen LogP contribution >= 0.6 is 11.3 Å². The molecule has 0 radical (unpaired) electrons. The Hall–Kier alpha value is -3.72. The van der Waals surface area contributed by atoms with Crippen molar-refractivity contribution in [2.75, 3.05) is 20.8 Å². The number of halogens is 1. The zero-order valence-electron chi connectivity index (χ0n) is 19.1. The van der Waals surface area contributed by atoms with E-state index in [0.29, 0.717) is 34.0 Å². The fraction of sp³-hybridized carbons (Fsp3) is 0.240. The summed E-state index contributed by atoms with van der Waals surface area (Å²) in [6, 6.07) is 9.70. The summed E-state index contributed by atoms with van der Waals surface area (Å²) in [5.74, 6) is 0.159. The van der Waals surface area contributed by atoms with E-state index >= 15 is 0 Å². The summed E-state index contributed by atoms with van der Waals surface area (Å²) in [5, 5.41) is 5.25. The lowest BCUT2D eigenvalue weighted by Gasteiger charge is -2.10. The van der Waals surface area contributed by atoms with E-state index in [-0.39, 0.29) is 24.0 Å². The Kier molecular flexibility index (Phi) is 6.93. The van der Waals surface area contributed by atoms with Gasteiger partial charge in [0.2, 0.25) is 5.78 Å². The van der Waals surface area contributed by atoms with Gasteiger partial charge in [0.1, 0.15) is 5.82 Å². The number of nitrogens with zero attached hydrogens (tertiary/aromatic N) is 2. The molecule has 1 amide bonds. The third-order valence-electron chi connectivity index (χ3n) is 5.37. The lowest BCUT2D eigenvalue weighted by atomic mass is 10.1. The first-order valence-corrected chi connectivity index (χ1v) is 11.6. The molecule has 176 valence electrons. The minimum atomic E-state index is -0.414. The van der Waals surface area contributed by atoms with Crippen LogP contribution in [-0.2, 0) is 6.54 Å². The number of methoxy groups -OCH3 is 2. The molecule has 0 saturated heterocycles. The minimum Gasteiger partial charge on any atom is -0.493 e. The average Bonchev–Trinajstić information content (AvgIpc) is 3.47. The molecule has 1 N–H and O–H groups in total. The second-order valence-corrected chi connectivity index (χ2v) is 8.46. The van der Waals surface area contributed by atoms with Crippen molar-refractivity contribution in [3.63, 3.8) is 0 Å². The Morgan fingerprint density at radius 2 is 1.94 bits per heavy atom. The molecule has 0 atom stereocenters. The number of imidazole rings is 1. The highest BCUT2D eigenvalue weighted by atomic mass is 32.1. The number of rotatable bonds is 9. The van der Waals surface area contributed by atoms with Gasteiger partial charge >= 0.3 is 0 Å². The van der Waals surface area contributed by atoms with Gasteiger partial charge in [-0.05, 0) is 30.7 Å². The van der Waals surface area contributed by atoms with E-state index in [2.05, 4.69) is 10.3 Å². The topological polar surface area (TPSA) is 82.5 Å². The summed E-state index contributed by atoms with van der Waals surface area (Å²) in [4.78, 5) is 30.2. The molecular weight excluding hydrogens is 457 g/mol. The first kappa shape index (κ1) is 23.4. The van der Waals surface area contributed by atoms with Gasteiger partial charge in [0.25, 0.3) is 5.91 Å². The number of aromatic nitrogens is 2. The van der Waals surface area contributed by atoms with Crippen molar-refractivity contribution >= 4 is 33.1 Å². The number of fused-ring (bicyclic) bond motifs is 1. The summed E-state index contributed by atoms with van der Waals surface area (Å²) in [7, 11) is 3.00. The third-order valence-corrected chi connectivity index (χ3v) is 6.38. The number of aryl methyl sites for hydroxylation is 1. The van der Waals surface area contributed by atoms with Crippen LogP contribution in [0.3, 0.4) is 0 Å². The molecule has 0 fully saturated rings. The van der Waals surface area contributed by atoms with Crippen molar-refractivity contribution in [2.45, 2.75) is 19.9 Å². The highest BCUT2D eigenvalue weighted by Gasteiger charge is 2.20. The maximum absolute atomic E-state index is 14.1. The van der Waals surface area contributed by atoms with Gasteiger partial charge in [0, 0.05) is 34.6 Å². The SMILES string of the molecule is CCCn1cc(-c2csc3c(F)cccc23)nc1C(=O)CNC(=O)c1ccc(OC)c(OC)c1. The first-order chi connectivity index (χ1) is 16.5. The Balaban J connectivity index is 1.55. The molecule has 2 aromatic carbocycles. The van der Waals surface area contributed by atoms with Crippen molar-refractivity contribution in [2.24, 2.45) is 0 Å². The van der Waals surface area contributed by atoms with E-state index in [9.17, 15) is 14.0 Å². The number of thiophene rings is 1. The zero-order valence-corrected chi connectivity index (χ0v) is 19.9. The lowest BCUT2D eigenvalue weighted by Crippen LogP contribution is -2.31. The smallest absolute Gasteiger partial charge is 0.251 e. The van der Waals surface area contributed by atoms with E-state index in [1.807, 2.05) is 18.4 Å². The van der Waals surface area contributed by atoms with Gasteiger partial charge in [-0.2, -0.15) is 0 Å². The van der Waals surface area contributed by atoms with E-state index in [1.165, 1.54) is 31.6 Å².